The highest BCUT2D eigenvalue weighted by molar-refractivity contribution is 6.23. The topological polar surface area (TPSA) is 83.6 Å². The Morgan fingerprint density at radius 2 is 1.73 bits per heavy atom. The second kappa shape index (κ2) is 6.05. The van der Waals surface area contributed by atoms with E-state index in [1.807, 2.05) is 13.8 Å². The summed E-state index contributed by atoms with van der Waals surface area (Å²) < 4.78 is 13.2. The molecule has 6 nitrogen and oxygen atoms in total. The number of fused-ring (bicyclic) bond motifs is 1. The number of amides is 4. The average Bonchev–Trinajstić information content (AvgIpc) is 2.73. The van der Waals surface area contributed by atoms with Gasteiger partial charge in [0.1, 0.15) is 11.9 Å². The van der Waals surface area contributed by atoms with Gasteiger partial charge >= 0.3 is 0 Å². The second-order valence-electron chi connectivity index (χ2n) is 4.64. The third kappa shape index (κ3) is 2.49. The van der Waals surface area contributed by atoms with Gasteiger partial charge in [-0.2, -0.15) is 0 Å². The molecule has 0 radical (unpaired) electrons. The van der Waals surface area contributed by atoms with E-state index in [1.54, 1.807) is 0 Å². The normalized spacial score (nSPS) is 20.3. The largest absolute Gasteiger partial charge is 0.295 e. The van der Waals surface area contributed by atoms with Gasteiger partial charge in [0.25, 0.3) is 11.8 Å². The first-order valence-electron chi connectivity index (χ1n) is 7.00. The van der Waals surface area contributed by atoms with Crippen LogP contribution in [-0.2, 0) is 9.59 Å². The zero-order valence-electron chi connectivity index (χ0n) is 12.2. The van der Waals surface area contributed by atoms with Gasteiger partial charge in [0.2, 0.25) is 11.8 Å². The number of nitrogens with zero attached hydrogens (tertiary/aromatic N) is 1. The van der Waals surface area contributed by atoms with Gasteiger partial charge in [0.05, 0.1) is 11.1 Å². The van der Waals surface area contributed by atoms with Gasteiger partial charge in [-0.3, -0.25) is 29.4 Å². The van der Waals surface area contributed by atoms with Crippen LogP contribution in [0.25, 0.3) is 0 Å². The van der Waals surface area contributed by atoms with Crippen molar-refractivity contribution < 1.29 is 23.6 Å². The zero-order valence-corrected chi connectivity index (χ0v) is 12.2. The maximum atomic E-state index is 13.2. The van der Waals surface area contributed by atoms with E-state index in [-0.39, 0.29) is 24.0 Å². The van der Waals surface area contributed by atoms with Crippen molar-refractivity contribution >= 4 is 23.6 Å². The third-order valence-electron chi connectivity index (χ3n) is 3.40. The van der Waals surface area contributed by atoms with E-state index in [2.05, 4.69) is 5.32 Å². The van der Waals surface area contributed by atoms with Crippen LogP contribution in [0.4, 0.5) is 4.39 Å². The van der Waals surface area contributed by atoms with Crippen LogP contribution in [0, 0.1) is 5.82 Å². The van der Waals surface area contributed by atoms with Crippen molar-refractivity contribution in [2.24, 2.45) is 0 Å². The van der Waals surface area contributed by atoms with Gasteiger partial charge in [-0.1, -0.05) is 13.8 Å². The predicted octanol–water partition coefficient (Wildman–Crippen LogP) is 1.25. The van der Waals surface area contributed by atoms with Crippen molar-refractivity contribution in [3.8, 4) is 0 Å². The van der Waals surface area contributed by atoms with Crippen molar-refractivity contribution in [3.05, 3.63) is 35.1 Å². The summed E-state index contributed by atoms with van der Waals surface area (Å²) in [5, 5.41) is 2.09. The number of nitrogens with one attached hydrogen (secondary N) is 1. The van der Waals surface area contributed by atoms with Crippen molar-refractivity contribution in [2.45, 2.75) is 32.7 Å². The SMILES string of the molecule is CC.O=C1CCC(N2C(=O)c3ccc(F)cc3C2=O)C(=O)N1. The van der Waals surface area contributed by atoms with E-state index in [4.69, 9.17) is 0 Å². The number of halogens is 1. The lowest BCUT2D eigenvalue weighted by molar-refractivity contribution is -0.136. The first-order chi connectivity index (χ1) is 10.5. The van der Waals surface area contributed by atoms with Crippen LogP contribution in [0.2, 0.25) is 0 Å². The lowest BCUT2D eigenvalue weighted by atomic mass is 10.0. The maximum absolute atomic E-state index is 13.2. The highest BCUT2D eigenvalue weighted by atomic mass is 19.1. The van der Waals surface area contributed by atoms with Crippen LogP contribution >= 0.6 is 0 Å². The standard InChI is InChI=1S/C13H9FN2O4.C2H6/c14-6-1-2-7-8(5-6)13(20)16(12(7)19)9-3-4-10(17)15-11(9)18;1-2/h1-2,5,9H,3-4H2,(H,15,17,18);1-2H3. The van der Waals surface area contributed by atoms with Gasteiger partial charge < -0.3 is 0 Å². The van der Waals surface area contributed by atoms with Crippen molar-refractivity contribution in [2.75, 3.05) is 0 Å². The Morgan fingerprint density at radius 1 is 1.09 bits per heavy atom. The first-order valence-corrected chi connectivity index (χ1v) is 7.00. The van der Waals surface area contributed by atoms with Gasteiger partial charge in [-0.25, -0.2) is 4.39 Å². The number of hydrogen-bond acceptors (Lipinski definition) is 4. The van der Waals surface area contributed by atoms with Crippen LogP contribution in [0.15, 0.2) is 18.2 Å². The second-order valence-corrected chi connectivity index (χ2v) is 4.64. The molecule has 0 aromatic heterocycles. The smallest absolute Gasteiger partial charge is 0.262 e. The highest BCUT2D eigenvalue weighted by Crippen LogP contribution is 2.27. The quantitative estimate of drug-likeness (QED) is 0.792. The molecule has 1 unspecified atom stereocenters. The fraction of sp³-hybridized carbons (Fsp3) is 0.333. The van der Waals surface area contributed by atoms with Crippen molar-refractivity contribution in [1.82, 2.24) is 10.2 Å². The Bertz CT molecular complexity index is 672. The molecule has 0 spiro atoms. The molecule has 0 saturated carbocycles. The Morgan fingerprint density at radius 3 is 2.36 bits per heavy atom. The van der Waals surface area contributed by atoms with Crippen LogP contribution < -0.4 is 5.32 Å². The summed E-state index contributed by atoms with van der Waals surface area (Å²) in [7, 11) is 0. The Kier molecular flexibility index (Phi) is 4.35. The van der Waals surface area contributed by atoms with E-state index in [0.29, 0.717) is 0 Å². The Hall–Kier alpha value is -2.57. The monoisotopic (exact) mass is 306 g/mol. The summed E-state index contributed by atoms with van der Waals surface area (Å²) in [5.41, 5.74) is 0.0146. The molecule has 1 fully saturated rings. The average molecular weight is 306 g/mol. The molecule has 116 valence electrons. The van der Waals surface area contributed by atoms with E-state index in [0.717, 1.165) is 17.0 Å². The zero-order chi connectivity index (χ0) is 16.4. The maximum Gasteiger partial charge on any atom is 0.262 e. The number of carbonyl (C=O) groups is 4. The van der Waals surface area contributed by atoms with Crippen LogP contribution in [0.3, 0.4) is 0 Å². The van der Waals surface area contributed by atoms with E-state index in [1.165, 1.54) is 6.07 Å². The molecular weight excluding hydrogens is 291 g/mol. The van der Waals surface area contributed by atoms with Crippen LogP contribution in [-0.4, -0.2) is 34.6 Å². The highest BCUT2D eigenvalue weighted by Gasteiger charge is 2.44. The fourth-order valence-corrected chi connectivity index (χ4v) is 2.44. The van der Waals surface area contributed by atoms with E-state index >= 15 is 0 Å². The lowest BCUT2D eigenvalue weighted by Gasteiger charge is -2.27. The van der Waals surface area contributed by atoms with Gasteiger partial charge in [0, 0.05) is 6.42 Å². The minimum Gasteiger partial charge on any atom is -0.295 e. The summed E-state index contributed by atoms with van der Waals surface area (Å²) in [6, 6.07) is 2.25. The molecule has 0 bridgehead atoms. The number of hydrogen-bond donors (Lipinski definition) is 1. The molecule has 2 aliphatic rings. The fourth-order valence-electron chi connectivity index (χ4n) is 2.44. The lowest BCUT2D eigenvalue weighted by Crippen LogP contribution is -2.54. The molecule has 2 aliphatic heterocycles. The summed E-state index contributed by atoms with van der Waals surface area (Å²) in [6.07, 6.45) is 0.136. The van der Waals surface area contributed by atoms with Crippen LogP contribution in [0.1, 0.15) is 47.4 Å². The molecule has 7 heteroatoms. The number of piperidine rings is 1. The summed E-state index contributed by atoms with van der Waals surface area (Å²) in [5.74, 6) is -3.10. The number of imide groups is 2. The first kappa shape index (κ1) is 15.8. The molecule has 1 aromatic rings. The number of benzene rings is 1. The summed E-state index contributed by atoms with van der Waals surface area (Å²) in [6.45, 7) is 4.00. The molecule has 1 atom stereocenters. The third-order valence-corrected chi connectivity index (χ3v) is 3.40. The molecule has 4 amide bonds. The minimum atomic E-state index is -1.02. The Balaban J connectivity index is 0.000000847. The predicted molar refractivity (Wildman–Crippen MR) is 74.4 cm³/mol. The molecule has 22 heavy (non-hydrogen) atoms. The molecule has 3 rings (SSSR count). The van der Waals surface area contributed by atoms with Gasteiger partial charge in [0.15, 0.2) is 0 Å². The van der Waals surface area contributed by atoms with Gasteiger partial charge in [-0.05, 0) is 24.6 Å². The van der Waals surface area contributed by atoms with Gasteiger partial charge in [-0.15, -0.1) is 0 Å². The number of carbonyl (C=O) groups excluding carboxylic acids is 4. The molecule has 1 aromatic carbocycles. The molecule has 0 aliphatic carbocycles. The summed E-state index contributed by atoms with van der Waals surface area (Å²) in [4.78, 5) is 48.0. The molecule has 1 N–H and O–H groups in total. The van der Waals surface area contributed by atoms with Crippen molar-refractivity contribution in [1.29, 1.82) is 0 Å². The van der Waals surface area contributed by atoms with E-state index in [9.17, 15) is 23.6 Å². The Labute approximate surface area is 126 Å². The minimum absolute atomic E-state index is 0.0537. The van der Waals surface area contributed by atoms with E-state index < -0.39 is 35.5 Å². The molecule has 1 saturated heterocycles. The molecular formula is C15H15FN2O4. The number of rotatable bonds is 1. The molecule has 2 heterocycles. The van der Waals surface area contributed by atoms with Crippen LogP contribution in [0.5, 0.6) is 0 Å². The summed E-state index contributed by atoms with van der Waals surface area (Å²) >= 11 is 0. The van der Waals surface area contributed by atoms with Crippen molar-refractivity contribution in [3.63, 3.8) is 0 Å².